The molecule has 0 bridgehead atoms. The molecular formula is C13H17N3O3S2. The number of carbonyl (C=O) groups excluding carboxylic acids is 1. The maximum Gasteiger partial charge on any atom is 0.263 e. The van der Waals surface area contributed by atoms with Crippen molar-refractivity contribution in [1.29, 1.82) is 0 Å². The molecule has 1 aromatic carbocycles. The Bertz CT molecular complexity index is 781. The van der Waals surface area contributed by atoms with Crippen LogP contribution in [0, 0.1) is 6.92 Å². The molecular weight excluding hydrogens is 310 g/mol. The second-order valence-electron chi connectivity index (χ2n) is 4.62. The second kappa shape index (κ2) is 6.00. The maximum atomic E-state index is 12.1. The van der Waals surface area contributed by atoms with Gasteiger partial charge in [-0.1, -0.05) is 11.6 Å². The van der Waals surface area contributed by atoms with Gasteiger partial charge in [0.2, 0.25) is 10.0 Å². The number of rotatable bonds is 5. The average Bonchev–Trinajstić information content (AvgIpc) is 2.76. The predicted octanol–water partition coefficient (Wildman–Crippen LogP) is 1.07. The third-order valence-corrected chi connectivity index (χ3v) is 5.60. The van der Waals surface area contributed by atoms with E-state index in [1.807, 2.05) is 25.1 Å². The lowest BCUT2D eigenvalue weighted by Crippen LogP contribution is -2.32. The topological polar surface area (TPSA) is 101 Å². The minimum atomic E-state index is -3.33. The molecule has 1 heterocycles. The number of thiophene rings is 1. The van der Waals surface area contributed by atoms with Gasteiger partial charge in [0, 0.05) is 16.6 Å². The largest absolute Gasteiger partial charge is 0.397 e. The molecule has 6 nitrogen and oxygen atoms in total. The molecule has 21 heavy (non-hydrogen) atoms. The van der Waals surface area contributed by atoms with Crippen molar-refractivity contribution in [3.05, 3.63) is 28.6 Å². The first-order valence-corrected chi connectivity index (χ1v) is 8.79. The van der Waals surface area contributed by atoms with E-state index in [0.29, 0.717) is 10.6 Å². The monoisotopic (exact) mass is 327 g/mol. The van der Waals surface area contributed by atoms with Crippen LogP contribution in [0.15, 0.2) is 18.2 Å². The lowest BCUT2D eigenvalue weighted by molar-refractivity contribution is 0.0961. The van der Waals surface area contributed by atoms with Gasteiger partial charge in [0.25, 0.3) is 5.91 Å². The van der Waals surface area contributed by atoms with Crippen LogP contribution in [0.3, 0.4) is 0 Å². The highest BCUT2D eigenvalue weighted by Gasteiger charge is 2.17. The molecule has 0 aliphatic carbocycles. The third kappa shape index (κ3) is 3.52. The van der Waals surface area contributed by atoms with Gasteiger partial charge in [0.1, 0.15) is 4.88 Å². The second-order valence-corrected chi connectivity index (χ2v) is 7.72. The fourth-order valence-corrected chi connectivity index (χ4v) is 3.48. The molecule has 4 N–H and O–H groups in total. The van der Waals surface area contributed by atoms with E-state index in [0.717, 1.165) is 15.6 Å². The Morgan fingerprint density at radius 3 is 2.76 bits per heavy atom. The molecule has 0 unspecified atom stereocenters. The van der Waals surface area contributed by atoms with Crippen molar-refractivity contribution in [2.75, 3.05) is 25.1 Å². The molecule has 8 heteroatoms. The molecule has 0 fully saturated rings. The van der Waals surface area contributed by atoms with E-state index in [1.165, 1.54) is 18.4 Å². The maximum absolute atomic E-state index is 12.1. The molecule has 1 aromatic heterocycles. The van der Waals surface area contributed by atoms with Crippen molar-refractivity contribution >= 4 is 43.0 Å². The summed E-state index contributed by atoms with van der Waals surface area (Å²) in [5, 5.41) is 3.43. The molecule has 2 aromatic rings. The number of hydrogen-bond donors (Lipinski definition) is 3. The standard InChI is InChI=1S/C13H17N3O3S2/c1-8-3-4-10-9(7-8)11(14)12(20-10)13(17)16-5-6-21(18,19)15-2/h3-4,7,15H,5-6,14H2,1-2H3,(H,16,17). The number of nitrogen functional groups attached to an aromatic ring is 1. The van der Waals surface area contributed by atoms with E-state index < -0.39 is 10.0 Å². The zero-order valence-electron chi connectivity index (χ0n) is 11.8. The number of aryl methyl sites for hydroxylation is 1. The summed E-state index contributed by atoms with van der Waals surface area (Å²) in [6.07, 6.45) is 0. The van der Waals surface area contributed by atoms with Crippen LogP contribution in [0.4, 0.5) is 5.69 Å². The first-order chi connectivity index (χ1) is 9.84. The van der Waals surface area contributed by atoms with Crippen LogP contribution in [0.2, 0.25) is 0 Å². The molecule has 1 amide bonds. The van der Waals surface area contributed by atoms with E-state index in [4.69, 9.17) is 5.73 Å². The normalized spacial score (nSPS) is 11.7. The highest BCUT2D eigenvalue weighted by molar-refractivity contribution is 7.89. The SMILES string of the molecule is CNS(=O)(=O)CCNC(=O)c1sc2ccc(C)cc2c1N. The number of anilines is 1. The lowest BCUT2D eigenvalue weighted by atomic mass is 10.1. The Labute approximate surface area is 127 Å². The Hall–Kier alpha value is -1.64. The van der Waals surface area contributed by atoms with Gasteiger partial charge < -0.3 is 11.1 Å². The number of amides is 1. The number of nitrogens with two attached hydrogens (primary N) is 1. The van der Waals surface area contributed by atoms with Crippen molar-refractivity contribution < 1.29 is 13.2 Å². The minimum Gasteiger partial charge on any atom is -0.397 e. The van der Waals surface area contributed by atoms with Crippen LogP contribution >= 0.6 is 11.3 Å². The molecule has 2 rings (SSSR count). The first kappa shape index (κ1) is 15.7. The highest BCUT2D eigenvalue weighted by Crippen LogP contribution is 2.34. The van der Waals surface area contributed by atoms with E-state index in [1.54, 1.807) is 0 Å². The van der Waals surface area contributed by atoms with Gasteiger partial charge in [0.15, 0.2) is 0 Å². The van der Waals surface area contributed by atoms with Crippen LogP contribution < -0.4 is 15.8 Å². The third-order valence-electron chi connectivity index (χ3n) is 3.06. The van der Waals surface area contributed by atoms with Gasteiger partial charge in [-0.2, -0.15) is 0 Å². The molecule has 0 saturated carbocycles. The predicted molar refractivity (Wildman–Crippen MR) is 86.2 cm³/mol. The number of fused-ring (bicyclic) bond motifs is 1. The van der Waals surface area contributed by atoms with E-state index >= 15 is 0 Å². The molecule has 0 spiro atoms. The van der Waals surface area contributed by atoms with Crippen molar-refractivity contribution in [2.45, 2.75) is 6.92 Å². The van der Waals surface area contributed by atoms with Gasteiger partial charge >= 0.3 is 0 Å². The molecule has 0 aliphatic heterocycles. The first-order valence-electron chi connectivity index (χ1n) is 6.32. The van der Waals surface area contributed by atoms with Crippen molar-refractivity contribution in [3.63, 3.8) is 0 Å². The lowest BCUT2D eigenvalue weighted by Gasteiger charge is -2.04. The summed E-state index contributed by atoms with van der Waals surface area (Å²) in [4.78, 5) is 12.5. The Morgan fingerprint density at radius 2 is 2.10 bits per heavy atom. The number of hydrogen-bond acceptors (Lipinski definition) is 5. The fraction of sp³-hybridized carbons (Fsp3) is 0.308. The van der Waals surface area contributed by atoms with Crippen LogP contribution in [0.5, 0.6) is 0 Å². The summed E-state index contributed by atoms with van der Waals surface area (Å²) in [5.74, 6) is -0.517. The van der Waals surface area contributed by atoms with Gasteiger partial charge in [-0.25, -0.2) is 13.1 Å². The van der Waals surface area contributed by atoms with Gasteiger partial charge in [-0.05, 0) is 26.1 Å². The Morgan fingerprint density at radius 1 is 1.38 bits per heavy atom. The van der Waals surface area contributed by atoms with E-state index in [-0.39, 0.29) is 18.2 Å². The highest BCUT2D eigenvalue weighted by atomic mass is 32.2. The number of carbonyl (C=O) groups is 1. The quantitative estimate of drug-likeness (QED) is 0.764. The van der Waals surface area contributed by atoms with Gasteiger partial charge in [-0.3, -0.25) is 4.79 Å². The summed E-state index contributed by atoms with van der Waals surface area (Å²) in [6.45, 7) is 1.99. The number of sulfonamides is 1. The summed E-state index contributed by atoms with van der Waals surface area (Å²) < 4.78 is 25.7. The molecule has 0 atom stereocenters. The number of nitrogens with one attached hydrogen (secondary N) is 2. The van der Waals surface area contributed by atoms with Crippen molar-refractivity contribution in [2.24, 2.45) is 0 Å². The van der Waals surface area contributed by atoms with Crippen LogP contribution in [0.1, 0.15) is 15.2 Å². The molecule has 0 radical (unpaired) electrons. The van der Waals surface area contributed by atoms with Gasteiger partial charge in [-0.15, -0.1) is 11.3 Å². The van der Waals surface area contributed by atoms with Crippen molar-refractivity contribution in [3.8, 4) is 0 Å². The molecule has 0 aliphatic rings. The summed E-state index contributed by atoms with van der Waals surface area (Å²) in [5.41, 5.74) is 7.52. The van der Waals surface area contributed by atoms with E-state index in [9.17, 15) is 13.2 Å². The van der Waals surface area contributed by atoms with Crippen LogP contribution in [-0.4, -0.2) is 33.7 Å². The zero-order chi connectivity index (χ0) is 15.6. The Balaban J connectivity index is 2.15. The van der Waals surface area contributed by atoms with Crippen LogP contribution in [0.25, 0.3) is 10.1 Å². The fourth-order valence-electron chi connectivity index (χ4n) is 1.88. The van der Waals surface area contributed by atoms with Crippen molar-refractivity contribution in [1.82, 2.24) is 10.0 Å². The van der Waals surface area contributed by atoms with Gasteiger partial charge in [0.05, 0.1) is 11.4 Å². The Kier molecular flexibility index (Phi) is 4.50. The van der Waals surface area contributed by atoms with Crippen LogP contribution in [-0.2, 0) is 10.0 Å². The summed E-state index contributed by atoms with van der Waals surface area (Å²) in [6, 6.07) is 5.82. The molecule has 114 valence electrons. The minimum absolute atomic E-state index is 0.0364. The smallest absolute Gasteiger partial charge is 0.263 e. The molecule has 0 saturated heterocycles. The average molecular weight is 327 g/mol. The van der Waals surface area contributed by atoms with E-state index in [2.05, 4.69) is 10.0 Å². The zero-order valence-corrected chi connectivity index (χ0v) is 13.4. The summed E-state index contributed by atoms with van der Waals surface area (Å²) in [7, 11) is -1.99. The summed E-state index contributed by atoms with van der Waals surface area (Å²) >= 11 is 1.30. The number of benzene rings is 1.